The highest BCUT2D eigenvalue weighted by atomic mass is 32.1. The van der Waals surface area contributed by atoms with Gasteiger partial charge in [-0.1, -0.05) is 0 Å². The first-order valence-electron chi connectivity index (χ1n) is 7.98. The number of hydrogen-bond donors (Lipinski definition) is 2. The molecule has 1 aromatic heterocycles. The lowest BCUT2D eigenvalue weighted by Gasteiger charge is -2.16. The molecule has 1 atom stereocenters. The van der Waals surface area contributed by atoms with E-state index in [1.807, 2.05) is 0 Å². The number of hydrogen-bond acceptors (Lipinski definition) is 5. The van der Waals surface area contributed by atoms with E-state index in [2.05, 4.69) is 10.3 Å². The molecule has 0 saturated carbocycles. The van der Waals surface area contributed by atoms with Crippen LogP contribution in [0.25, 0.3) is 0 Å². The highest BCUT2D eigenvalue weighted by molar-refractivity contribution is 7.09. The van der Waals surface area contributed by atoms with Crippen molar-refractivity contribution in [3.63, 3.8) is 0 Å². The zero-order valence-corrected chi connectivity index (χ0v) is 14.5. The summed E-state index contributed by atoms with van der Waals surface area (Å²) in [6.45, 7) is 0.669. The number of carbonyl (C=O) groups is 3. The van der Waals surface area contributed by atoms with Crippen molar-refractivity contribution in [2.24, 2.45) is 5.92 Å². The van der Waals surface area contributed by atoms with Crippen LogP contribution in [-0.2, 0) is 16.0 Å². The number of benzene rings is 1. The average Bonchev–Trinajstić information content (AvgIpc) is 3.23. The van der Waals surface area contributed by atoms with Gasteiger partial charge in [-0.05, 0) is 30.7 Å². The van der Waals surface area contributed by atoms with E-state index >= 15 is 0 Å². The van der Waals surface area contributed by atoms with Gasteiger partial charge in [0.1, 0.15) is 11.7 Å². The van der Waals surface area contributed by atoms with Gasteiger partial charge in [-0.15, -0.1) is 11.3 Å². The minimum atomic E-state index is -1.09. The quantitative estimate of drug-likeness (QED) is 0.747. The number of halogens is 1. The fourth-order valence-corrected chi connectivity index (χ4v) is 3.51. The summed E-state index contributed by atoms with van der Waals surface area (Å²) in [6.07, 6.45) is 0.786. The Morgan fingerprint density at radius 1 is 1.35 bits per heavy atom. The number of rotatable bonds is 6. The van der Waals surface area contributed by atoms with Crippen LogP contribution in [0.15, 0.2) is 29.6 Å². The molecule has 26 heavy (non-hydrogen) atoms. The largest absolute Gasteiger partial charge is 0.476 e. The first-order chi connectivity index (χ1) is 12.5. The van der Waals surface area contributed by atoms with Crippen LogP contribution in [0.2, 0.25) is 0 Å². The molecule has 2 aromatic rings. The summed E-state index contributed by atoms with van der Waals surface area (Å²) >= 11 is 1.21. The lowest BCUT2D eigenvalue weighted by Crippen LogP contribution is -2.37. The summed E-state index contributed by atoms with van der Waals surface area (Å²) < 4.78 is 13.0. The summed E-state index contributed by atoms with van der Waals surface area (Å²) in [4.78, 5) is 40.9. The van der Waals surface area contributed by atoms with E-state index in [9.17, 15) is 18.8 Å². The number of anilines is 1. The van der Waals surface area contributed by atoms with Crippen molar-refractivity contribution in [3.05, 3.63) is 46.2 Å². The number of thiazole rings is 1. The van der Waals surface area contributed by atoms with E-state index in [4.69, 9.17) is 5.11 Å². The van der Waals surface area contributed by atoms with Gasteiger partial charge in [-0.25, -0.2) is 14.2 Å². The van der Waals surface area contributed by atoms with Gasteiger partial charge in [0.2, 0.25) is 11.8 Å². The Bertz CT molecular complexity index is 837. The third-order valence-corrected chi connectivity index (χ3v) is 4.98. The molecule has 2 heterocycles. The maximum Gasteiger partial charge on any atom is 0.355 e. The van der Waals surface area contributed by atoms with Crippen molar-refractivity contribution < 1.29 is 23.9 Å². The predicted molar refractivity (Wildman–Crippen MR) is 92.6 cm³/mol. The molecule has 1 aromatic carbocycles. The number of aromatic carboxylic acids is 1. The second-order valence-corrected chi connectivity index (χ2v) is 6.72. The monoisotopic (exact) mass is 377 g/mol. The Morgan fingerprint density at radius 2 is 2.08 bits per heavy atom. The summed E-state index contributed by atoms with van der Waals surface area (Å²) in [6, 6.07) is 5.57. The van der Waals surface area contributed by atoms with Gasteiger partial charge < -0.3 is 15.3 Å². The molecule has 1 fully saturated rings. The SMILES string of the molecule is O=C(O)c1csc(CCNC(=O)C2CCN(c3ccc(F)cc3)C2=O)n1. The molecule has 9 heteroatoms. The number of nitrogens with one attached hydrogen (secondary N) is 1. The molecule has 1 unspecified atom stereocenters. The Kier molecular flexibility index (Phi) is 5.27. The molecule has 1 saturated heterocycles. The molecule has 1 aliphatic rings. The van der Waals surface area contributed by atoms with Crippen LogP contribution in [0.4, 0.5) is 10.1 Å². The summed E-state index contributed by atoms with van der Waals surface area (Å²) in [5.41, 5.74) is 0.549. The van der Waals surface area contributed by atoms with Crippen molar-refractivity contribution in [1.82, 2.24) is 10.3 Å². The van der Waals surface area contributed by atoms with Crippen molar-refractivity contribution >= 4 is 34.8 Å². The topological polar surface area (TPSA) is 99.6 Å². The van der Waals surface area contributed by atoms with Crippen LogP contribution in [-0.4, -0.2) is 41.0 Å². The molecule has 7 nitrogen and oxygen atoms in total. The Hall–Kier alpha value is -2.81. The summed E-state index contributed by atoms with van der Waals surface area (Å²) in [5.74, 6) is -2.92. The standard InChI is InChI=1S/C17H16FN3O4S/c18-10-1-3-11(4-2-10)21-8-6-12(16(21)23)15(22)19-7-5-14-20-13(9-26-14)17(24)25/h1-4,9,12H,5-8H2,(H,19,22)(H,24,25). The summed E-state index contributed by atoms with van der Waals surface area (Å²) in [7, 11) is 0. The fourth-order valence-electron chi connectivity index (χ4n) is 2.74. The third-order valence-electron chi connectivity index (χ3n) is 4.07. The maximum atomic E-state index is 13.0. The van der Waals surface area contributed by atoms with Crippen LogP contribution < -0.4 is 10.2 Å². The van der Waals surface area contributed by atoms with Gasteiger partial charge in [-0.2, -0.15) is 0 Å². The first kappa shape index (κ1) is 18.0. The van der Waals surface area contributed by atoms with Crippen molar-refractivity contribution in [2.75, 3.05) is 18.0 Å². The second kappa shape index (κ2) is 7.61. The number of carboxylic acids is 1. The predicted octanol–water partition coefficient (Wildman–Crippen LogP) is 1.69. The normalized spacial score (nSPS) is 16.7. The van der Waals surface area contributed by atoms with E-state index in [1.54, 1.807) is 0 Å². The molecule has 0 radical (unpaired) electrons. The molecule has 0 aliphatic carbocycles. The number of nitrogens with zero attached hydrogens (tertiary/aromatic N) is 2. The molecule has 136 valence electrons. The maximum absolute atomic E-state index is 13.0. The second-order valence-electron chi connectivity index (χ2n) is 5.78. The summed E-state index contributed by atoms with van der Waals surface area (Å²) in [5, 5.41) is 13.6. The van der Waals surface area contributed by atoms with Gasteiger partial charge in [-0.3, -0.25) is 9.59 Å². The van der Waals surface area contributed by atoms with E-state index < -0.39 is 11.9 Å². The molecule has 3 rings (SSSR count). The van der Waals surface area contributed by atoms with E-state index in [0.717, 1.165) is 0 Å². The number of carboxylic acid groups (broad SMARTS) is 1. The molecular formula is C17H16FN3O4S. The number of amides is 2. The van der Waals surface area contributed by atoms with Crippen LogP contribution in [0, 0.1) is 11.7 Å². The lowest BCUT2D eigenvalue weighted by molar-refractivity contribution is -0.132. The van der Waals surface area contributed by atoms with Gasteiger partial charge in [0, 0.05) is 30.6 Å². The van der Waals surface area contributed by atoms with Crippen LogP contribution in [0.1, 0.15) is 21.9 Å². The van der Waals surface area contributed by atoms with Crippen molar-refractivity contribution in [1.29, 1.82) is 0 Å². The molecular weight excluding hydrogens is 361 g/mol. The zero-order valence-electron chi connectivity index (χ0n) is 13.6. The van der Waals surface area contributed by atoms with Crippen molar-refractivity contribution in [2.45, 2.75) is 12.8 Å². The third kappa shape index (κ3) is 3.88. The van der Waals surface area contributed by atoms with Crippen LogP contribution >= 0.6 is 11.3 Å². The average molecular weight is 377 g/mol. The van der Waals surface area contributed by atoms with Gasteiger partial charge in [0.05, 0.1) is 5.01 Å². The van der Waals surface area contributed by atoms with E-state index in [0.29, 0.717) is 30.1 Å². The van der Waals surface area contributed by atoms with Crippen LogP contribution in [0.3, 0.4) is 0 Å². The molecule has 2 amide bonds. The minimum Gasteiger partial charge on any atom is -0.476 e. The number of aromatic nitrogens is 1. The van der Waals surface area contributed by atoms with E-state index in [1.165, 1.54) is 45.9 Å². The molecule has 0 spiro atoms. The fraction of sp³-hybridized carbons (Fsp3) is 0.294. The first-order valence-corrected chi connectivity index (χ1v) is 8.86. The lowest BCUT2D eigenvalue weighted by atomic mass is 10.1. The molecule has 2 N–H and O–H groups in total. The molecule has 1 aliphatic heterocycles. The molecule has 0 bridgehead atoms. The van der Waals surface area contributed by atoms with Gasteiger partial charge in [0.15, 0.2) is 5.69 Å². The van der Waals surface area contributed by atoms with Crippen molar-refractivity contribution in [3.8, 4) is 0 Å². The van der Waals surface area contributed by atoms with Gasteiger partial charge in [0.25, 0.3) is 0 Å². The highest BCUT2D eigenvalue weighted by Crippen LogP contribution is 2.25. The highest BCUT2D eigenvalue weighted by Gasteiger charge is 2.37. The Balaban J connectivity index is 1.52. The smallest absolute Gasteiger partial charge is 0.355 e. The minimum absolute atomic E-state index is 0.0164. The Morgan fingerprint density at radius 3 is 2.73 bits per heavy atom. The zero-order chi connectivity index (χ0) is 18.7. The van der Waals surface area contributed by atoms with Gasteiger partial charge >= 0.3 is 5.97 Å². The Labute approximate surface area is 152 Å². The van der Waals surface area contributed by atoms with Crippen LogP contribution in [0.5, 0.6) is 0 Å². The number of carbonyl (C=O) groups excluding carboxylic acids is 2. The van der Waals surface area contributed by atoms with E-state index in [-0.39, 0.29) is 29.9 Å².